The van der Waals surface area contributed by atoms with E-state index in [9.17, 15) is 9.59 Å². The highest BCUT2D eigenvalue weighted by atomic mass is 79.9. The van der Waals surface area contributed by atoms with Crippen LogP contribution in [0.3, 0.4) is 0 Å². The van der Waals surface area contributed by atoms with Gasteiger partial charge in [-0.15, -0.1) is 0 Å². The quantitative estimate of drug-likeness (QED) is 0.713. The van der Waals surface area contributed by atoms with Crippen molar-refractivity contribution in [1.82, 2.24) is 15.1 Å². The van der Waals surface area contributed by atoms with Gasteiger partial charge in [0.05, 0.1) is 11.9 Å². The van der Waals surface area contributed by atoms with Gasteiger partial charge in [-0.05, 0) is 53.4 Å². The Morgan fingerprint density at radius 3 is 2.64 bits per heavy atom. The summed E-state index contributed by atoms with van der Waals surface area (Å²) >= 11 is 3.31. The molecule has 0 bridgehead atoms. The Bertz CT molecular complexity index is 830. The minimum Gasteiger partial charge on any atom is -0.376 e. The van der Waals surface area contributed by atoms with Crippen LogP contribution >= 0.6 is 15.9 Å². The van der Waals surface area contributed by atoms with Crippen LogP contribution in [-0.4, -0.2) is 21.9 Å². The van der Waals surface area contributed by atoms with Gasteiger partial charge in [-0.25, -0.2) is 9.48 Å². The standard InChI is InChI=1S/C17H20BrN5O2/c1-10(20-14-9-19-23(2)16(24)15(14)18)11-3-5-12(6-4-11)21-17(25)22-13-7-8-13/h3-6,9-10,13,20H,7-8H2,1-2H3,(H2,21,22,25). The van der Waals surface area contributed by atoms with Crippen molar-refractivity contribution in [2.24, 2.45) is 7.05 Å². The minimum absolute atomic E-state index is 0.0282. The number of anilines is 2. The summed E-state index contributed by atoms with van der Waals surface area (Å²) in [6.07, 6.45) is 3.73. The molecule has 1 heterocycles. The van der Waals surface area contributed by atoms with Gasteiger partial charge in [-0.1, -0.05) is 12.1 Å². The van der Waals surface area contributed by atoms with Crippen molar-refractivity contribution < 1.29 is 4.79 Å². The number of rotatable bonds is 5. The first kappa shape index (κ1) is 17.5. The highest BCUT2D eigenvalue weighted by Gasteiger charge is 2.23. The van der Waals surface area contributed by atoms with E-state index < -0.39 is 0 Å². The molecule has 3 rings (SSSR count). The molecule has 0 radical (unpaired) electrons. The van der Waals surface area contributed by atoms with E-state index in [1.54, 1.807) is 13.2 Å². The number of hydrogen-bond donors (Lipinski definition) is 3. The largest absolute Gasteiger partial charge is 0.376 e. The number of urea groups is 1. The molecule has 1 aromatic heterocycles. The molecule has 0 saturated heterocycles. The van der Waals surface area contributed by atoms with Gasteiger partial charge in [0.25, 0.3) is 5.56 Å². The summed E-state index contributed by atoms with van der Waals surface area (Å²) in [5, 5.41) is 13.0. The molecule has 2 amide bonds. The van der Waals surface area contributed by atoms with Gasteiger partial charge >= 0.3 is 6.03 Å². The van der Waals surface area contributed by atoms with E-state index in [0.717, 1.165) is 24.1 Å². The minimum atomic E-state index is -0.196. The summed E-state index contributed by atoms with van der Waals surface area (Å²) in [5.41, 5.74) is 2.21. The molecule has 1 saturated carbocycles. The highest BCUT2D eigenvalue weighted by molar-refractivity contribution is 9.10. The number of carbonyl (C=O) groups excluding carboxylic acids is 1. The molecule has 7 nitrogen and oxygen atoms in total. The summed E-state index contributed by atoms with van der Waals surface area (Å²) in [7, 11) is 1.60. The van der Waals surface area contributed by atoms with Crippen LogP contribution in [0, 0.1) is 0 Å². The van der Waals surface area contributed by atoms with E-state index in [-0.39, 0.29) is 17.6 Å². The molecule has 25 heavy (non-hydrogen) atoms. The lowest BCUT2D eigenvalue weighted by Crippen LogP contribution is -2.30. The smallest absolute Gasteiger partial charge is 0.319 e. The van der Waals surface area contributed by atoms with E-state index in [0.29, 0.717) is 16.2 Å². The Balaban J connectivity index is 1.64. The van der Waals surface area contributed by atoms with E-state index in [4.69, 9.17) is 0 Å². The zero-order valence-electron chi connectivity index (χ0n) is 14.0. The van der Waals surface area contributed by atoms with Crippen LogP contribution in [-0.2, 0) is 7.05 Å². The second-order valence-electron chi connectivity index (χ2n) is 6.16. The first-order chi connectivity index (χ1) is 11.9. The molecule has 1 atom stereocenters. The maximum atomic E-state index is 11.9. The lowest BCUT2D eigenvalue weighted by molar-refractivity contribution is 0.251. The van der Waals surface area contributed by atoms with Crippen LogP contribution in [0.2, 0.25) is 0 Å². The van der Waals surface area contributed by atoms with E-state index in [1.165, 1.54) is 4.68 Å². The van der Waals surface area contributed by atoms with Crippen molar-refractivity contribution >= 4 is 33.3 Å². The predicted molar refractivity (Wildman–Crippen MR) is 101 cm³/mol. The zero-order valence-corrected chi connectivity index (χ0v) is 15.6. The van der Waals surface area contributed by atoms with Gasteiger partial charge < -0.3 is 16.0 Å². The Hall–Kier alpha value is -2.35. The molecule has 2 aromatic rings. The Morgan fingerprint density at radius 2 is 2.00 bits per heavy atom. The van der Waals surface area contributed by atoms with Crippen molar-refractivity contribution in [3.8, 4) is 0 Å². The Labute approximate surface area is 153 Å². The van der Waals surface area contributed by atoms with Crippen LogP contribution in [0.15, 0.2) is 39.7 Å². The normalized spacial score (nSPS) is 14.7. The SMILES string of the molecule is CC(Nc1cnn(C)c(=O)c1Br)c1ccc(NC(=O)NC2CC2)cc1. The number of nitrogens with zero attached hydrogens (tertiary/aromatic N) is 2. The summed E-state index contributed by atoms with van der Waals surface area (Å²) in [6, 6.07) is 7.72. The summed E-state index contributed by atoms with van der Waals surface area (Å²) in [4.78, 5) is 23.6. The average molecular weight is 406 g/mol. The van der Waals surface area contributed by atoms with Gasteiger partial charge in [0.2, 0.25) is 0 Å². The van der Waals surface area contributed by atoms with Crippen molar-refractivity contribution in [3.63, 3.8) is 0 Å². The third-order valence-corrected chi connectivity index (χ3v) is 4.80. The maximum absolute atomic E-state index is 11.9. The van der Waals surface area contributed by atoms with Gasteiger partial charge in [0.1, 0.15) is 4.47 Å². The fraction of sp³-hybridized carbons (Fsp3) is 0.353. The number of halogens is 1. The molecule has 132 valence electrons. The monoisotopic (exact) mass is 405 g/mol. The first-order valence-corrected chi connectivity index (χ1v) is 8.89. The summed E-state index contributed by atoms with van der Waals surface area (Å²) < 4.78 is 1.72. The number of aryl methyl sites for hydroxylation is 1. The van der Waals surface area contributed by atoms with Gasteiger partial charge in [0, 0.05) is 24.8 Å². The van der Waals surface area contributed by atoms with Gasteiger partial charge in [0.15, 0.2) is 0 Å². The van der Waals surface area contributed by atoms with Gasteiger partial charge in [-0.2, -0.15) is 5.10 Å². The number of amides is 2. The number of hydrogen-bond acceptors (Lipinski definition) is 4. The van der Waals surface area contributed by atoms with Crippen LogP contribution in [0.5, 0.6) is 0 Å². The lowest BCUT2D eigenvalue weighted by Gasteiger charge is -2.17. The van der Waals surface area contributed by atoms with E-state index >= 15 is 0 Å². The Kier molecular flexibility index (Phi) is 5.08. The molecule has 0 spiro atoms. The van der Waals surface area contributed by atoms with Crippen LogP contribution in [0.4, 0.5) is 16.2 Å². The number of carbonyl (C=O) groups is 1. The fourth-order valence-corrected chi connectivity index (χ4v) is 2.84. The molecule has 0 aliphatic heterocycles. The maximum Gasteiger partial charge on any atom is 0.319 e. The van der Waals surface area contributed by atoms with Crippen molar-refractivity contribution in [1.29, 1.82) is 0 Å². The van der Waals surface area contributed by atoms with Crippen molar-refractivity contribution in [2.45, 2.75) is 31.8 Å². The highest BCUT2D eigenvalue weighted by Crippen LogP contribution is 2.24. The predicted octanol–water partition coefficient (Wildman–Crippen LogP) is 3.00. The molecule has 3 N–H and O–H groups in total. The van der Waals surface area contributed by atoms with E-state index in [1.807, 2.05) is 31.2 Å². The summed E-state index contributed by atoms with van der Waals surface area (Å²) in [6.45, 7) is 1.99. The van der Waals surface area contributed by atoms with Crippen molar-refractivity contribution in [2.75, 3.05) is 10.6 Å². The van der Waals surface area contributed by atoms with Crippen LogP contribution in [0.1, 0.15) is 31.4 Å². The van der Waals surface area contributed by atoms with Gasteiger partial charge in [-0.3, -0.25) is 4.79 Å². The molecular formula is C17H20BrN5O2. The van der Waals surface area contributed by atoms with Crippen LogP contribution < -0.4 is 21.5 Å². The van der Waals surface area contributed by atoms with E-state index in [2.05, 4.69) is 37.0 Å². The second-order valence-corrected chi connectivity index (χ2v) is 6.95. The molecule has 1 aliphatic rings. The molecular weight excluding hydrogens is 386 g/mol. The zero-order chi connectivity index (χ0) is 18.0. The molecule has 8 heteroatoms. The number of nitrogens with one attached hydrogen (secondary N) is 3. The third kappa shape index (κ3) is 4.39. The van der Waals surface area contributed by atoms with Crippen molar-refractivity contribution in [3.05, 3.63) is 50.9 Å². The topological polar surface area (TPSA) is 88.1 Å². The lowest BCUT2D eigenvalue weighted by atomic mass is 10.1. The molecule has 1 aliphatic carbocycles. The second kappa shape index (κ2) is 7.26. The summed E-state index contributed by atoms with van der Waals surface area (Å²) in [5.74, 6) is 0. The molecule has 1 aromatic carbocycles. The third-order valence-electron chi connectivity index (χ3n) is 4.03. The molecule has 1 fully saturated rings. The number of benzene rings is 1. The molecule has 1 unspecified atom stereocenters. The Morgan fingerprint density at radius 1 is 1.32 bits per heavy atom. The number of aromatic nitrogens is 2. The fourth-order valence-electron chi connectivity index (χ4n) is 2.36. The van der Waals surface area contributed by atoms with Crippen LogP contribution in [0.25, 0.3) is 0 Å². The first-order valence-electron chi connectivity index (χ1n) is 8.10. The average Bonchev–Trinajstić information content (AvgIpc) is 3.39.